The highest BCUT2D eigenvalue weighted by Gasteiger charge is 2.37. The van der Waals surface area contributed by atoms with Gasteiger partial charge in [-0.3, -0.25) is 0 Å². The van der Waals surface area contributed by atoms with E-state index >= 15 is 0 Å². The molecule has 92 valence electrons. The molecule has 0 radical (unpaired) electrons. The second-order valence-electron chi connectivity index (χ2n) is 4.98. The number of fused-ring (bicyclic) bond motifs is 3. The number of halogens is 1. The van der Waals surface area contributed by atoms with Gasteiger partial charge in [-0.2, -0.15) is 0 Å². The highest BCUT2D eigenvalue weighted by molar-refractivity contribution is 5.63. The van der Waals surface area contributed by atoms with Gasteiger partial charge in [-0.05, 0) is 31.6 Å². The van der Waals surface area contributed by atoms with Gasteiger partial charge in [-0.25, -0.2) is 4.39 Å². The Morgan fingerprint density at radius 1 is 1.47 bits per heavy atom. The molecule has 1 N–H and O–H groups in total. The Balaban J connectivity index is 2.02. The highest BCUT2D eigenvalue weighted by Crippen LogP contribution is 2.42. The molecule has 0 spiro atoms. The molecule has 0 aliphatic carbocycles. The van der Waals surface area contributed by atoms with Gasteiger partial charge in [0.1, 0.15) is 11.6 Å². The summed E-state index contributed by atoms with van der Waals surface area (Å²) in [6.45, 7) is 2.05. The van der Waals surface area contributed by atoms with Crippen LogP contribution in [0, 0.1) is 5.82 Å². The average molecular weight is 236 g/mol. The third-order valence-corrected chi connectivity index (χ3v) is 3.88. The molecule has 0 saturated carbocycles. The monoisotopic (exact) mass is 236 g/mol. The van der Waals surface area contributed by atoms with Crippen molar-refractivity contribution >= 4 is 5.69 Å². The number of hydrogen-bond donors (Lipinski definition) is 1. The summed E-state index contributed by atoms with van der Waals surface area (Å²) >= 11 is 0. The Kier molecular flexibility index (Phi) is 2.47. The van der Waals surface area contributed by atoms with Crippen molar-refractivity contribution < 1.29 is 9.13 Å². The average Bonchev–Trinajstić information content (AvgIpc) is 2.68. The van der Waals surface area contributed by atoms with Gasteiger partial charge in [-0.1, -0.05) is 0 Å². The third kappa shape index (κ3) is 1.67. The number of benzene rings is 1. The minimum Gasteiger partial charge on any atom is -0.497 e. The Morgan fingerprint density at radius 3 is 3.06 bits per heavy atom. The number of methoxy groups -OCH3 is 1. The van der Waals surface area contributed by atoms with Gasteiger partial charge in [0.05, 0.1) is 12.8 Å². The molecule has 1 saturated heterocycles. The Morgan fingerprint density at radius 2 is 2.29 bits per heavy atom. The van der Waals surface area contributed by atoms with Crippen LogP contribution in [0.5, 0.6) is 5.75 Å². The summed E-state index contributed by atoms with van der Waals surface area (Å²) in [7, 11) is 3.69. The molecule has 0 bridgehead atoms. The van der Waals surface area contributed by atoms with E-state index in [1.54, 1.807) is 7.11 Å². The number of anilines is 1. The summed E-state index contributed by atoms with van der Waals surface area (Å²) in [6.07, 6.45) is 1.07. The smallest absolute Gasteiger partial charge is 0.150 e. The number of ether oxygens (including phenoxy) is 1. The van der Waals surface area contributed by atoms with Gasteiger partial charge in [0.2, 0.25) is 0 Å². The number of nitrogens with one attached hydrogen (secondary N) is 1. The SMILES string of the molecule is COc1cc(F)c2c(c1)C1CN(C)CCC1N2. The summed E-state index contributed by atoms with van der Waals surface area (Å²) in [5.74, 6) is 0.793. The normalized spacial score (nSPS) is 27.2. The van der Waals surface area contributed by atoms with Gasteiger partial charge >= 0.3 is 0 Å². The van der Waals surface area contributed by atoms with Crippen LogP contribution in [0.3, 0.4) is 0 Å². The van der Waals surface area contributed by atoms with Crippen LogP contribution in [-0.2, 0) is 0 Å². The van der Waals surface area contributed by atoms with Crippen molar-refractivity contribution in [3.05, 3.63) is 23.5 Å². The summed E-state index contributed by atoms with van der Waals surface area (Å²) in [4.78, 5) is 2.30. The fourth-order valence-corrected chi connectivity index (χ4v) is 2.95. The first-order chi connectivity index (χ1) is 8.19. The zero-order valence-corrected chi connectivity index (χ0v) is 10.2. The summed E-state index contributed by atoms with van der Waals surface area (Å²) in [6, 6.07) is 3.80. The maximum absolute atomic E-state index is 13.9. The molecule has 3 nitrogen and oxygen atoms in total. The zero-order chi connectivity index (χ0) is 12.0. The van der Waals surface area contributed by atoms with Crippen LogP contribution in [-0.4, -0.2) is 38.2 Å². The summed E-state index contributed by atoms with van der Waals surface area (Å²) in [5.41, 5.74) is 1.74. The van der Waals surface area contributed by atoms with E-state index in [0.29, 0.717) is 23.4 Å². The molecule has 2 unspecified atom stereocenters. The van der Waals surface area contributed by atoms with Crippen LogP contribution < -0.4 is 10.1 Å². The van der Waals surface area contributed by atoms with Gasteiger partial charge in [0.25, 0.3) is 0 Å². The van der Waals surface area contributed by atoms with E-state index in [9.17, 15) is 4.39 Å². The van der Waals surface area contributed by atoms with Crippen molar-refractivity contribution in [3.8, 4) is 5.75 Å². The molecule has 2 aliphatic rings. The van der Waals surface area contributed by atoms with Crippen LogP contribution >= 0.6 is 0 Å². The van der Waals surface area contributed by atoms with Gasteiger partial charge in [0.15, 0.2) is 0 Å². The molecule has 4 heteroatoms. The number of hydrogen-bond acceptors (Lipinski definition) is 3. The molecule has 1 fully saturated rings. The van der Waals surface area contributed by atoms with Gasteiger partial charge in [-0.15, -0.1) is 0 Å². The lowest BCUT2D eigenvalue weighted by Crippen LogP contribution is -2.39. The highest BCUT2D eigenvalue weighted by atomic mass is 19.1. The first-order valence-corrected chi connectivity index (χ1v) is 6.01. The van der Waals surface area contributed by atoms with E-state index in [-0.39, 0.29) is 5.82 Å². The first kappa shape index (κ1) is 10.8. The minimum atomic E-state index is -0.198. The molecule has 17 heavy (non-hydrogen) atoms. The topological polar surface area (TPSA) is 24.5 Å². The lowest BCUT2D eigenvalue weighted by Gasteiger charge is -2.32. The molecule has 2 heterocycles. The molecule has 0 amide bonds. The molecule has 0 aromatic heterocycles. The van der Waals surface area contributed by atoms with E-state index in [4.69, 9.17) is 4.74 Å². The van der Waals surface area contributed by atoms with Crippen LogP contribution in [0.25, 0.3) is 0 Å². The predicted molar refractivity (Wildman–Crippen MR) is 65.2 cm³/mol. The van der Waals surface area contributed by atoms with Gasteiger partial charge < -0.3 is 15.0 Å². The van der Waals surface area contributed by atoms with E-state index < -0.39 is 0 Å². The van der Waals surface area contributed by atoms with Crippen molar-refractivity contribution in [2.75, 3.05) is 32.6 Å². The number of piperidine rings is 1. The van der Waals surface area contributed by atoms with E-state index in [1.807, 2.05) is 6.07 Å². The fraction of sp³-hybridized carbons (Fsp3) is 0.538. The molecule has 2 aliphatic heterocycles. The minimum absolute atomic E-state index is 0.198. The lowest BCUT2D eigenvalue weighted by atomic mass is 9.89. The van der Waals surface area contributed by atoms with Crippen LogP contribution in [0.4, 0.5) is 10.1 Å². The van der Waals surface area contributed by atoms with Crippen molar-refractivity contribution in [2.24, 2.45) is 0 Å². The largest absolute Gasteiger partial charge is 0.497 e. The van der Waals surface area contributed by atoms with Crippen molar-refractivity contribution in [2.45, 2.75) is 18.4 Å². The van der Waals surface area contributed by atoms with Crippen molar-refractivity contribution in [1.82, 2.24) is 4.90 Å². The van der Waals surface area contributed by atoms with E-state index in [1.165, 1.54) is 6.07 Å². The second-order valence-corrected chi connectivity index (χ2v) is 4.98. The number of nitrogens with zero attached hydrogens (tertiary/aromatic N) is 1. The molecular formula is C13H17FN2O. The molecule has 3 rings (SSSR count). The maximum Gasteiger partial charge on any atom is 0.150 e. The summed E-state index contributed by atoms with van der Waals surface area (Å²) in [5, 5.41) is 3.32. The molecule has 1 aromatic carbocycles. The van der Waals surface area contributed by atoms with Crippen LogP contribution in [0.1, 0.15) is 17.9 Å². The lowest BCUT2D eigenvalue weighted by molar-refractivity contribution is 0.243. The van der Waals surface area contributed by atoms with Crippen molar-refractivity contribution in [3.63, 3.8) is 0 Å². The molecule has 1 aromatic rings. The van der Waals surface area contributed by atoms with E-state index in [2.05, 4.69) is 17.3 Å². The van der Waals surface area contributed by atoms with Gasteiger partial charge in [0, 0.05) is 24.6 Å². The maximum atomic E-state index is 13.9. The van der Waals surface area contributed by atoms with Crippen LogP contribution in [0.15, 0.2) is 12.1 Å². The zero-order valence-electron chi connectivity index (χ0n) is 10.2. The van der Waals surface area contributed by atoms with Crippen molar-refractivity contribution in [1.29, 1.82) is 0 Å². The number of rotatable bonds is 1. The predicted octanol–water partition coefficient (Wildman–Crippen LogP) is 2.05. The number of likely N-dealkylation sites (N-methyl/N-ethyl adjacent to an activating group) is 1. The number of likely N-dealkylation sites (tertiary alicyclic amines) is 1. The Labute approximate surface area is 101 Å². The van der Waals surface area contributed by atoms with E-state index in [0.717, 1.165) is 25.1 Å². The molecule has 2 atom stereocenters. The standard InChI is InChI=1S/C13H17FN2O/c1-16-4-3-12-10(7-16)9-5-8(17-2)6-11(14)13(9)15-12/h5-6,10,12,15H,3-4,7H2,1-2H3. The fourth-order valence-electron chi connectivity index (χ4n) is 2.95. The first-order valence-electron chi connectivity index (χ1n) is 6.01. The van der Waals surface area contributed by atoms with Crippen LogP contribution in [0.2, 0.25) is 0 Å². The molecular weight excluding hydrogens is 219 g/mol. The third-order valence-electron chi connectivity index (χ3n) is 3.88. The quantitative estimate of drug-likeness (QED) is 0.807. The summed E-state index contributed by atoms with van der Waals surface area (Å²) < 4.78 is 19.1. The second kappa shape index (κ2) is 3.88. The Bertz CT molecular complexity index is 449. The Hall–Kier alpha value is -1.29.